The third-order valence-corrected chi connectivity index (χ3v) is 5.19. The monoisotopic (exact) mass is 324 g/mol. The van der Waals surface area contributed by atoms with Crippen molar-refractivity contribution in [3.63, 3.8) is 0 Å². The van der Waals surface area contributed by atoms with Crippen molar-refractivity contribution in [1.82, 2.24) is 4.72 Å². The summed E-state index contributed by atoms with van der Waals surface area (Å²) < 4.78 is 32.5. The van der Waals surface area contributed by atoms with E-state index < -0.39 is 10.0 Å². The first-order valence-corrected chi connectivity index (χ1v) is 8.47. The number of methoxy groups -OCH3 is 1. The summed E-state index contributed by atoms with van der Waals surface area (Å²) in [6.45, 7) is 0. The molecular formula is C14H16N2O5S. The van der Waals surface area contributed by atoms with Gasteiger partial charge in [-0.1, -0.05) is 0 Å². The maximum absolute atomic E-state index is 12.4. The lowest BCUT2D eigenvalue weighted by atomic mass is 10.2. The number of rotatable bonds is 5. The van der Waals surface area contributed by atoms with Gasteiger partial charge in [-0.2, -0.15) is 0 Å². The number of hydrogen-bond donors (Lipinski definition) is 1. The van der Waals surface area contributed by atoms with Gasteiger partial charge in [0.25, 0.3) is 0 Å². The predicted octanol–water partition coefficient (Wildman–Crippen LogP) is 0.789. The van der Waals surface area contributed by atoms with Crippen LogP contribution < -0.4 is 14.4 Å². The van der Waals surface area contributed by atoms with Crippen LogP contribution in [0.4, 0.5) is 5.69 Å². The summed E-state index contributed by atoms with van der Waals surface area (Å²) in [5.41, 5.74) is 0.254. The SMILES string of the molecule is COc1ccc(N2C(=O)CCC2=O)cc1S(=O)(=O)NC1CC1. The Labute approximate surface area is 128 Å². The van der Waals surface area contributed by atoms with Gasteiger partial charge in [-0.25, -0.2) is 13.1 Å². The average Bonchev–Trinajstić information content (AvgIpc) is 3.22. The normalized spacial score (nSPS) is 18.9. The van der Waals surface area contributed by atoms with Crippen molar-refractivity contribution < 1.29 is 22.7 Å². The predicted molar refractivity (Wildman–Crippen MR) is 78.1 cm³/mol. The van der Waals surface area contributed by atoms with Crippen molar-refractivity contribution in [3.05, 3.63) is 18.2 Å². The second-order valence-electron chi connectivity index (χ2n) is 5.35. The van der Waals surface area contributed by atoms with Gasteiger partial charge in [-0.05, 0) is 31.0 Å². The minimum atomic E-state index is -3.75. The molecule has 2 aliphatic rings. The molecule has 1 saturated carbocycles. The number of amides is 2. The van der Waals surface area contributed by atoms with E-state index in [-0.39, 0.29) is 47.0 Å². The van der Waals surface area contributed by atoms with E-state index in [1.807, 2.05) is 0 Å². The average molecular weight is 324 g/mol. The first-order valence-electron chi connectivity index (χ1n) is 6.98. The van der Waals surface area contributed by atoms with E-state index in [4.69, 9.17) is 4.74 Å². The molecule has 1 aromatic carbocycles. The van der Waals surface area contributed by atoms with Gasteiger partial charge in [0.15, 0.2) is 0 Å². The standard InChI is InChI=1S/C14H16N2O5S/c1-21-11-5-4-10(16-13(17)6-7-14(16)18)8-12(11)22(19,20)15-9-2-3-9/h4-5,8-9,15H,2-3,6-7H2,1H3. The Morgan fingerprint density at radius 1 is 1.18 bits per heavy atom. The molecule has 0 spiro atoms. The summed E-state index contributed by atoms with van der Waals surface area (Å²) in [5, 5.41) is 0. The van der Waals surface area contributed by atoms with Crippen LogP contribution in [0.5, 0.6) is 5.75 Å². The molecule has 0 atom stereocenters. The molecule has 118 valence electrons. The van der Waals surface area contributed by atoms with Gasteiger partial charge in [-0.15, -0.1) is 0 Å². The van der Waals surface area contributed by atoms with Crippen LogP contribution in [0.1, 0.15) is 25.7 Å². The van der Waals surface area contributed by atoms with Crippen LogP contribution in [-0.2, 0) is 19.6 Å². The van der Waals surface area contributed by atoms with Gasteiger partial charge < -0.3 is 4.74 Å². The maximum Gasteiger partial charge on any atom is 0.244 e. The number of carbonyl (C=O) groups is 2. The van der Waals surface area contributed by atoms with Gasteiger partial charge >= 0.3 is 0 Å². The molecule has 3 rings (SSSR count). The molecule has 1 saturated heterocycles. The fourth-order valence-corrected chi connectivity index (χ4v) is 3.86. The number of anilines is 1. The summed E-state index contributed by atoms with van der Waals surface area (Å²) in [5.74, 6) is -0.474. The van der Waals surface area contributed by atoms with Gasteiger partial charge in [-0.3, -0.25) is 14.5 Å². The number of benzene rings is 1. The minimum Gasteiger partial charge on any atom is -0.495 e. The number of hydrogen-bond acceptors (Lipinski definition) is 5. The molecule has 0 radical (unpaired) electrons. The molecule has 7 nitrogen and oxygen atoms in total. The summed E-state index contributed by atoms with van der Waals surface area (Å²) in [7, 11) is -2.38. The van der Waals surface area contributed by atoms with E-state index >= 15 is 0 Å². The molecule has 0 aromatic heterocycles. The molecule has 1 N–H and O–H groups in total. The van der Waals surface area contributed by atoms with Crippen LogP contribution in [-0.4, -0.2) is 33.4 Å². The van der Waals surface area contributed by atoms with Crippen molar-refractivity contribution >= 4 is 27.5 Å². The summed E-state index contributed by atoms with van der Waals surface area (Å²) in [4.78, 5) is 24.6. The van der Waals surface area contributed by atoms with Crippen LogP contribution in [0.2, 0.25) is 0 Å². The van der Waals surface area contributed by atoms with E-state index in [1.165, 1.54) is 25.3 Å². The highest BCUT2D eigenvalue weighted by Crippen LogP contribution is 2.32. The first-order chi connectivity index (χ1) is 10.4. The number of sulfonamides is 1. The van der Waals surface area contributed by atoms with E-state index in [1.54, 1.807) is 0 Å². The van der Waals surface area contributed by atoms with Crippen molar-refractivity contribution in [2.75, 3.05) is 12.0 Å². The highest BCUT2D eigenvalue weighted by atomic mass is 32.2. The Hall–Kier alpha value is -1.93. The molecule has 1 aromatic rings. The molecule has 1 aliphatic heterocycles. The van der Waals surface area contributed by atoms with Crippen molar-refractivity contribution in [2.24, 2.45) is 0 Å². The molecular weight excluding hydrogens is 308 g/mol. The van der Waals surface area contributed by atoms with E-state index in [9.17, 15) is 18.0 Å². The third kappa shape index (κ3) is 2.71. The van der Waals surface area contributed by atoms with Gasteiger partial charge in [0.05, 0.1) is 12.8 Å². The highest BCUT2D eigenvalue weighted by Gasteiger charge is 2.33. The van der Waals surface area contributed by atoms with Gasteiger partial charge in [0.2, 0.25) is 21.8 Å². The lowest BCUT2D eigenvalue weighted by Crippen LogP contribution is -2.30. The number of ether oxygens (including phenoxy) is 1. The number of nitrogens with zero attached hydrogens (tertiary/aromatic N) is 1. The molecule has 1 heterocycles. The van der Waals surface area contributed by atoms with E-state index in [0.717, 1.165) is 17.7 Å². The Bertz CT molecular complexity index is 724. The smallest absolute Gasteiger partial charge is 0.244 e. The van der Waals surface area contributed by atoms with Gasteiger partial charge in [0.1, 0.15) is 10.6 Å². The molecule has 0 bridgehead atoms. The highest BCUT2D eigenvalue weighted by molar-refractivity contribution is 7.89. The van der Waals surface area contributed by atoms with Crippen LogP contribution in [0.25, 0.3) is 0 Å². The quantitative estimate of drug-likeness (QED) is 0.808. The first kappa shape index (κ1) is 15.0. The third-order valence-electron chi connectivity index (χ3n) is 3.65. The van der Waals surface area contributed by atoms with Crippen molar-refractivity contribution in [1.29, 1.82) is 0 Å². The number of nitrogens with one attached hydrogen (secondary N) is 1. The topological polar surface area (TPSA) is 92.8 Å². The molecule has 8 heteroatoms. The zero-order chi connectivity index (χ0) is 15.9. The Morgan fingerprint density at radius 3 is 2.36 bits per heavy atom. The number of imide groups is 1. The number of carbonyl (C=O) groups excluding carboxylic acids is 2. The van der Waals surface area contributed by atoms with Crippen molar-refractivity contribution in [3.8, 4) is 5.75 Å². The second kappa shape index (κ2) is 5.36. The molecule has 2 fully saturated rings. The molecule has 0 unspecified atom stereocenters. The van der Waals surface area contributed by atoms with E-state index in [0.29, 0.717) is 0 Å². The molecule has 1 aliphatic carbocycles. The molecule has 2 amide bonds. The largest absolute Gasteiger partial charge is 0.495 e. The zero-order valence-corrected chi connectivity index (χ0v) is 12.9. The maximum atomic E-state index is 12.4. The summed E-state index contributed by atoms with van der Waals surface area (Å²) in [6.07, 6.45) is 1.91. The van der Waals surface area contributed by atoms with Gasteiger partial charge in [0, 0.05) is 18.9 Å². The fraction of sp³-hybridized carbons (Fsp3) is 0.429. The van der Waals surface area contributed by atoms with Crippen LogP contribution in [0.15, 0.2) is 23.1 Å². The van der Waals surface area contributed by atoms with Crippen molar-refractivity contribution in [2.45, 2.75) is 36.6 Å². The minimum absolute atomic E-state index is 0.0478. The summed E-state index contributed by atoms with van der Waals surface area (Å²) >= 11 is 0. The summed E-state index contributed by atoms with van der Waals surface area (Å²) in [6, 6.07) is 4.23. The Morgan fingerprint density at radius 2 is 1.82 bits per heavy atom. The van der Waals surface area contributed by atoms with Crippen LogP contribution in [0, 0.1) is 0 Å². The lowest BCUT2D eigenvalue weighted by Gasteiger charge is -2.17. The Kier molecular flexibility index (Phi) is 3.65. The zero-order valence-electron chi connectivity index (χ0n) is 12.0. The van der Waals surface area contributed by atoms with E-state index in [2.05, 4.69) is 4.72 Å². The lowest BCUT2D eigenvalue weighted by molar-refractivity contribution is -0.121. The Balaban J connectivity index is 2.02. The van der Waals surface area contributed by atoms with Crippen LogP contribution in [0.3, 0.4) is 0 Å². The molecule has 22 heavy (non-hydrogen) atoms. The van der Waals surface area contributed by atoms with Crippen LogP contribution >= 0.6 is 0 Å². The second-order valence-corrected chi connectivity index (χ2v) is 7.04. The fourth-order valence-electron chi connectivity index (χ4n) is 2.36.